The lowest BCUT2D eigenvalue weighted by atomic mass is 10.4. The summed E-state index contributed by atoms with van der Waals surface area (Å²) in [6.07, 6.45) is 4.09. The van der Waals surface area contributed by atoms with Gasteiger partial charge in [0.05, 0.1) is 12.2 Å². The Morgan fingerprint density at radius 1 is 1.29 bits per heavy atom. The van der Waals surface area contributed by atoms with E-state index in [1.54, 1.807) is 30.1 Å². The fourth-order valence-corrected chi connectivity index (χ4v) is 2.65. The van der Waals surface area contributed by atoms with Crippen LogP contribution in [0.3, 0.4) is 0 Å². The lowest BCUT2D eigenvalue weighted by molar-refractivity contribution is 0.579. The van der Waals surface area contributed by atoms with E-state index >= 15 is 0 Å². The minimum atomic E-state index is -3.58. The van der Waals surface area contributed by atoms with Crippen molar-refractivity contribution in [1.29, 1.82) is 0 Å². The zero-order valence-corrected chi connectivity index (χ0v) is 12.9. The van der Waals surface area contributed by atoms with E-state index in [1.807, 2.05) is 6.92 Å². The number of rotatable bonds is 7. The number of nitrogens with zero attached hydrogens (tertiary/aromatic N) is 3. The summed E-state index contributed by atoms with van der Waals surface area (Å²) < 4.78 is 28.4. The van der Waals surface area contributed by atoms with Gasteiger partial charge < -0.3 is 5.32 Å². The quantitative estimate of drug-likeness (QED) is 0.800. The average molecular weight is 309 g/mol. The highest BCUT2D eigenvalue weighted by atomic mass is 32.2. The van der Waals surface area contributed by atoms with Gasteiger partial charge in [-0.1, -0.05) is 6.92 Å². The molecule has 114 valence electrons. The Kier molecular flexibility index (Phi) is 4.92. The Morgan fingerprint density at radius 2 is 2.10 bits per heavy atom. The highest BCUT2D eigenvalue weighted by Crippen LogP contribution is 2.11. The lowest BCUT2D eigenvalue weighted by Crippen LogP contribution is -2.23. The van der Waals surface area contributed by atoms with Gasteiger partial charge >= 0.3 is 0 Å². The van der Waals surface area contributed by atoms with Crippen LogP contribution < -0.4 is 10.0 Å². The van der Waals surface area contributed by atoms with Crippen LogP contribution >= 0.6 is 0 Å². The molecule has 0 amide bonds. The Morgan fingerprint density at radius 3 is 2.67 bits per heavy atom. The van der Waals surface area contributed by atoms with Gasteiger partial charge in [-0.15, -0.1) is 0 Å². The Bertz CT molecular complexity index is 679. The highest BCUT2D eigenvalue weighted by Gasteiger charge is 2.14. The Balaban J connectivity index is 2.01. The molecule has 0 aromatic carbocycles. The number of sulfonamides is 1. The summed E-state index contributed by atoms with van der Waals surface area (Å²) in [6.45, 7) is 3.00. The molecule has 0 saturated heterocycles. The van der Waals surface area contributed by atoms with Crippen LogP contribution in [0.15, 0.2) is 35.5 Å². The number of hydrogen-bond donors (Lipinski definition) is 2. The molecule has 8 heteroatoms. The summed E-state index contributed by atoms with van der Waals surface area (Å²) in [5, 5.41) is 7.21. The van der Waals surface area contributed by atoms with Crippen LogP contribution in [0.2, 0.25) is 0 Å². The van der Waals surface area contributed by atoms with E-state index in [9.17, 15) is 8.42 Å². The summed E-state index contributed by atoms with van der Waals surface area (Å²) in [4.78, 5) is 4.23. The van der Waals surface area contributed by atoms with E-state index in [4.69, 9.17) is 0 Å². The molecule has 0 saturated carbocycles. The Hall–Kier alpha value is -1.93. The summed E-state index contributed by atoms with van der Waals surface area (Å²) in [5.74, 6) is 0.667. The molecule has 0 spiro atoms. The molecule has 2 aromatic heterocycles. The van der Waals surface area contributed by atoms with Crippen molar-refractivity contribution in [2.75, 3.05) is 11.9 Å². The minimum absolute atomic E-state index is 0.139. The van der Waals surface area contributed by atoms with Gasteiger partial charge in [0.15, 0.2) is 0 Å². The van der Waals surface area contributed by atoms with E-state index in [1.165, 1.54) is 12.3 Å². The van der Waals surface area contributed by atoms with Crippen molar-refractivity contribution in [2.45, 2.75) is 24.8 Å². The molecule has 2 N–H and O–H groups in total. The second kappa shape index (κ2) is 6.68. The molecule has 0 aliphatic carbocycles. The normalized spacial score (nSPS) is 11.5. The van der Waals surface area contributed by atoms with Crippen LogP contribution in [0, 0.1) is 0 Å². The number of pyridine rings is 1. The third-order valence-corrected chi connectivity index (χ3v) is 4.20. The van der Waals surface area contributed by atoms with Crippen LogP contribution in [0.5, 0.6) is 0 Å². The molecule has 0 atom stereocenters. The summed E-state index contributed by atoms with van der Waals surface area (Å²) in [7, 11) is -1.79. The number of anilines is 1. The second-order valence-electron chi connectivity index (χ2n) is 4.61. The van der Waals surface area contributed by atoms with Gasteiger partial charge in [-0.2, -0.15) is 5.10 Å². The SMILES string of the molecule is CCCNc1ccc(S(=O)(=O)NCc2ccn(C)n2)cn1. The van der Waals surface area contributed by atoms with Crippen molar-refractivity contribution in [3.05, 3.63) is 36.3 Å². The van der Waals surface area contributed by atoms with E-state index in [0.29, 0.717) is 11.5 Å². The van der Waals surface area contributed by atoms with Gasteiger partial charge in [0, 0.05) is 26.0 Å². The standard InChI is InChI=1S/C13H19N5O2S/c1-3-7-14-13-5-4-12(10-15-13)21(19,20)16-9-11-6-8-18(2)17-11/h4-6,8,10,16H,3,7,9H2,1-2H3,(H,14,15). The fraction of sp³-hybridized carbons (Fsp3) is 0.385. The Labute approximate surface area is 124 Å². The minimum Gasteiger partial charge on any atom is -0.370 e. The van der Waals surface area contributed by atoms with Crippen molar-refractivity contribution in [3.63, 3.8) is 0 Å². The highest BCUT2D eigenvalue weighted by molar-refractivity contribution is 7.89. The van der Waals surface area contributed by atoms with E-state index < -0.39 is 10.0 Å². The molecular formula is C13H19N5O2S. The summed E-state index contributed by atoms with van der Waals surface area (Å²) in [5.41, 5.74) is 0.662. The molecular weight excluding hydrogens is 290 g/mol. The predicted molar refractivity (Wildman–Crippen MR) is 80.3 cm³/mol. The topological polar surface area (TPSA) is 88.9 Å². The van der Waals surface area contributed by atoms with Crippen LogP contribution in [0.1, 0.15) is 19.0 Å². The maximum Gasteiger partial charge on any atom is 0.242 e. The van der Waals surface area contributed by atoms with Crippen molar-refractivity contribution in [3.8, 4) is 0 Å². The zero-order valence-electron chi connectivity index (χ0n) is 12.1. The molecule has 21 heavy (non-hydrogen) atoms. The van der Waals surface area contributed by atoms with E-state index in [0.717, 1.165) is 13.0 Å². The molecule has 0 aliphatic rings. The van der Waals surface area contributed by atoms with Gasteiger partial charge in [0.2, 0.25) is 10.0 Å². The first-order chi connectivity index (χ1) is 10.0. The predicted octanol–water partition coefficient (Wildman–Crippen LogP) is 1.12. The number of aromatic nitrogens is 3. The first kappa shape index (κ1) is 15.5. The lowest BCUT2D eigenvalue weighted by Gasteiger charge is -2.07. The molecule has 7 nitrogen and oxygen atoms in total. The van der Waals surface area contributed by atoms with Crippen LogP contribution in [0.4, 0.5) is 5.82 Å². The summed E-state index contributed by atoms with van der Waals surface area (Å²) in [6, 6.07) is 4.95. The second-order valence-corrected chi connectivity index (χ2v) is 6.38. The molecule has 2 heterocycles. The molecule has 0 fully saturated rings. The maximum atomic E-state index is 12.1. The molecule has 0 aliphatic heterocycles. The van der Waals surface area contributed by atoms with Crippen LogP contribution in [-0.4, -0.2) is 29.7 Å². The smallest absolute Gasteiger partial charge is 0.242 e. The molecule has 2 rings (SSSR count). The van der Waals surface area contributed by atoms with Crippen molar-refractivity contribution in [2.24, 2.45) is 7.05 Å². The third-order valence-electron chi connectivity index (χ3n) is 2.81. The van der Waals surface area contributed by atoms with Gasteiger partial charge in [-0.25, -0.2) is 18.1 Å². The molecule has 0 bridgehead atoms. The van der Waals surface area contributed by atoms with Crippen molar-refractivity contribution >= 4 is 15.8 Å². The largest absolute Gasteiger partial charge is 0.370 e. The van der Waals surface area contributed by atoms with Crippen molar-refractivity contribution < 1.29 is 8.42 Å². The van der Waals surface area contributed by atoms with Gasteiger partial charge in [0.25, 0.3) is 0 Å². The first-order valence-corrected chi connectivity index (χ1v) is 8.17. The third kappa shape index (κ3) is 4.27. The van der Waals surface area contributed by atoms with E-state index in [-0.39, 0.29) is 11.4 Å². The van der Waals surface area contributed by atoms with Gasteiger partial charge in [0.1, 0.15) is 10.7 Å². The number of aryl methyl sites for hydroxylation is 1. The molecule has 2 aromatic rings. The number of nitrogens with one attached hydrogen (secondary N) is 2. The summed E-state index contributed by atoms with van der Waals surface area (Å²) >= 11 is 0. The van der Waals surface area contributed by atoms with Crippen LogP contribution in [0.25, 0.3) is 0 Å². The van der Waals surface area contributed by atoms with Crippen LogP contribution in [-0.2, 0) is 23.6 Å². The fourth-order valence-electron chi connectivity index (χ4n) is 1.71. The monoisotopic (exact) mass is 309 g/mol. The number of hydrogen-bond acceptors (Lipinski definition) is 5. The molecule has 0 unspecified atom stereocenters. The molecule has 0 radical (unpaired) electrons. The average Bonchev–Trinajstić information content (AvgIpc) is 2.89. The van der Waals surface area contributed by atoms with Crippen molar-refractivity contribution in [1.82, 2.24) is 19.5 Å². The first-order valence-electron chi connectivity index (χ1n) is 6.69. The van der Waals surface area contributed by atoms with Gasteiger partial charge in [-0.05, 0) is 24.6 Å². The van der Waals surface area contributed by atoms with E-state index in [2.05, 4.69) is 20.1 Å². The maximum absolute atomic E-state index is 12.1. The zero-order chi connectivity index (χ0) is 15.3. The van der Waals surface area contributed by atoms with Gasteiger partial charge in [-0.3, -0.25) is 4.68 Å².